The van der Waals surface area contributed by atoms with Gasteiger partial charge in [-0.05, 0) is 18.2 Å². The van der Waals surface area contributed by atoms with E-state index in [1.165, 1.54) is 6.07 Å². The van der Waals surface area contributed by atoms with Gasteiger partial charge in [-0.1, -0.05) is 0 Å². The smallest absolute Gasteiger partial charge is 0.205 e. The number of rotatable bonds is 0. The molecule has 67 valence electrons. The van der Waals surface area contributed by atoms with Gasteiger partial charge in [0.25, 0.3) is 0 Å². The van der Waals surface area contributed by atoms with Gasteiger partial charge in [0.2, 0.25) is 0 Å². The van der Waals surface area contributed by atoms with Gasteiger partial charge in [-0.3, -0.25) is 0 Å². The standard InChI is InChI=1S/C8H2F4N/c9-7-5(4-13)2-1-3-6(7)8(10,11)12/h2-3H. The number of nitriles is 1. The van der Waals surface area contributed by atoms with Crippen LogP contribution >= 0.6 is 0 Å². The van der Waals surface area contributed by atoms with Crippen molar-refractivity contribution in [1.82, 2.24) is 0 Å². The summed E-state index contributed by atoms with van der Waals surface area (Å²) >= 11 is 0. The highest BCUT2D eigenvalue weighted by atomic mass is 19.4. The number of hydrogen-bond acceptors (Lipinski definition) is 1. The Labute approximate surface area is 71.2 Å². The zero-order chi connectivity index (χ0) is 10.1. The van der Waals surface area contributed by atoms with Crippen LogP contribution in [0.1, 0.15) is 11.1 Å². The van der Waals surface area contributed by atoms with Gasteiger partial charge in [0.05, 0.1) is 11.1 Å². The average Bonchev–Trinajstić information content (AvgIpc) is 2.02. The van der Waals surface area contributed by atoms with Gasteiger partial charge in [-0.15, -0.1) is 0 Å². The molecule has 1 aromatic rings. The van der Waals surface area contributed by atoms with Crippen LogP contribution in [0.25, 0.3) is 0 Å². The molecule has 5 heteroatoms. The Bertz CT molecular complexity index is 361. The molecule has 1 aromatic carbocycles. The molecule has 0 aliphatic carbocycles. The Hall–Kier alpha value is -1.57. The molecular formula is C8H2F4N. The third-order valence-corrected chi connectivity index (χ3v) is 1.35. The second-order valence-corrected chi connectivity index (χ2v) is 2.21. The maximum atomic E-state index is 12.8. The molecule has 0 bridgehead atoms. The van der Waals surface area contributed by atoms with Gasteiger partial charge in [0, 0.05) is 0 Å². The number of nitrogens with zero attached hydrogens (tertiary/aromatic N) is 1. The molecule has 0 heterocycles. The SMILES string of the molecule is N#Cc1c[c]cc(C(F)(F)F)c1F. The molecule has 0 saturated carbocycles. The van der Waals surface area contributed by atoms with Gasteiger partial charge in [-0.25, -0.2) is 4.39 Å². The van der Waals surface area contributed by atoms with Crippen molar-refractivity contribution in [3.05, 3.63) is 35.1 Å². The van der Waals surface area contributed by atoms with E-state index in [1.54, 1.807) is 0 Å². The van der Waals surface area contributed by atoms with Crippen molar-refractivity contribution < 1.29 is 17.6 Å². The lowest BCUT2D eigenvalue weighted by Crippen LogP contribution is -2.08. The van der Waals surface area contributed by atoms with E-state index in [0.717, 1.165) is 6.07 Å². The molecule has 0 spiro atoms. The van der Waals surface area contributed by atoms with Crippen LogP contribution in [0.2, 0.25) is 0 Å². The molecule has 0 saturated heterocycles. The van der Waals surface area contributed by atoms with Crippen molar-refractivity contribution in [1.29, 1.82) is 5.26 Å². The zero-order valence-corrected chi connectivity index (χ0v) is 6.11. The van der Waals surface area contributed by atoms with E-state index in [2.05, 4.69) is 0 Å². The van der Waals surface area contributed by atoms with Gasteiger partial charge in [0.1, 0.15) is 6.07 Å². The highest BCUT2D eigenvalue weighted by molar-refractivity contribution is 5.35. The summed E-state index contributed by atoms with van der Waals surface area (Å²) in [6.45, 7) is 0. The molecule has 0 aliphatic rings. The average molecular weight is 188 g/mol. The molecule has 0 unspecified atom stereocenters. The summed E-state index contributed by atoms with van der Waals surface area (Å²) in [5.74, 6) is -1.55. The van der Waals surface area contributed by atoms with Gasteiger partial charge in [-0.2, -0.15) is 18.4 Å². The van der Waals surface area contributed by atoms with Crippen molar-refractivity contribution >= 4 is 0 Å². The van der Waals surface area contributed by atoms with Gasteiger partial charge < -0.3 is 0 Å². The normalized spacial score (nSPS) is 11.0. The van der Waals surface area contributed by atoms with Gasteiger partial charge in [0.15, 0.2) is 5.82 Å². The van der Waals surface area contributed by atoms with Gasteiger partial charge >= 0.3 is 6.18 Å². The second-order valence-electron chi connectivity index (χ2n) is 2.21. The first kappa shape index (κ1) is 9.52. The molecule has 0 fully saturated rings. The van der Waals surface area contributed by atoms with Crippen LogP contribution in [0.15, 0.2) is 12.1 Å². The first-order valence-corrected chi connectivity index (χ1v) is 3.13. The topological polar surface area (TPSA) is 23.8 Å². The van der Waals surface area contributed by atoms with Crippen LogP contribution in [-0.2, 0) is 6.18 Å². The number of halogens is 4. The minimum atomic E-state index is -4.78. The summed E-state index contributed by atoms with van der Waals surface area (Å²) in [6, 6.07) is 4.68. The summed E-state index contributed by atoms with van der Waals surface area (Å²) in [5, 5.41) is 8.23. The summed E-state index contributed by atoms with van der Waals surface area (Å²) < 4.78 is 48.8. The lowest BCUT2D eigenvalue weighted by atomic mass is 10.1. The van der Waals surface area contributed by atoms with E-state index in [1.807, 2.05) is 6.07 Å². The number of hydrogen-bond donors (Lipinski definition) is 0. The Kier molecular flexibility index (Phi) is 2.24. The van der Waals surface area contributed by atoms with E-state index in [-0.39, 0.29) is 0 Å². The molecule has 0 N–H and O–H groups in total. The van der Waals surface area contributed by atoms with Crippen LogP contribution in [0.4, 0.5) is 17.6 Å². The van der Waals surface area contributed by atoms with Crippen molar-refractivity contribution in [2.24, 2.45) is 0 Å². The molecule has 0 amide bonds. The third kappa shape index (κ3) is 1.78. The van der Waals surface area contributed by atoms with E-state index < -0.39 is 23.1 Å². The van der Waals surface area contributed by atoms with Crippen molar-refractivity contribution in [3.63, 3.8) is 0 Å². The van der Waals surface area contributed by atoms with Crippen LogP contribution in [0.3, 0.4) is 0 Å². The van der Waals surface area contributed by atoms with Crippen LogP contribution in [-0.4, -0.2) is 0 Å². The van der Waals surface area contributed by atoms with Crippen molar-refractivity contribution in [2.45, 2.75) is 6.18 Å². The molecule has 1 nitrogen and oxygen atoms in total. The molecular weight excluding hydrogens is 186 g/mol. The Morgan fingerprint density at radius 2 is 1.92 bits per heavy atom. The minimum absolute atomic E-state index is 0.468. The predicted molar refractivity (Wildman–Crippen MR) is 35.0 cm³/mol. The minimum Gasteiger partial charge on any atom is -0.205 e. The predicted octanol–water partition coefficient (Wildman–Crippen LogP) is 2.52. The third-order valence-electron chi connectivity index (χ3n) is 1.35. The van der Waals surface area contributed by atoms with E-state index >= 15 is 0 Å². The highest BCUT2D eigenvalue weighted by Crippen LogP contribution is 2.31. The Morgan fingerprint density at radius 1 is 1.31 bits per heavy atom. The molecule has 1 rings (SSSR count). The summed E-state index contributed by atoms with van der Waals surface area (Å²) in [5.41, 5.74) is -2.12. The maximum absolute atomic E-state index is 12.8. The molecule has 0 atom stereocenters. The molecule has 0 aromatic heterocycles. The van der Waals surface area contributed by atoms with Crippen LogP contribution in [0, 0.1) is 23.2 Å². The molecule has 0 aliphatic heterocycles. The number of benzene rings is 1. The van der Waals surface area contributed by atoms with Crippen LogP contribution < -0.4 is 0 Å². The zero-order valence-electron chi connectivity index (χ0n) is 6.11. The lowest BCUT2D eigenvalue weighted by Gasteiger charge is -2.07. The summed E-state index contributed by atoms with van der Waals surface area (Å²) in [6.07, 6.45) is -4.78. The summed E-state index contributed by atoms with van der Waals surface area (Å²) in [4.78, 5) is 0. The lowest BCUT2D eigenvalue weighted by molar-refractivity contribution is -0.140. The second kappa shape index (κ2) is 3.05. The fourth-order valence-corrected chi connectivity index (χ4v) is 0.768. The Balaban J connectivity index is 3.34. The largest absolute Gasteiger partial charge is 0.419 e. The van der Waals surface area contributed by atoms with E-state index in [4.69, 9.17) is 5.26 Å². The monoisotopic (exact) mass is 188 g/mol. The van der Waals surface area contributed by atoms with Crippen molar-refractivity contribution in [3.8, 4) is 6.07 Å². The fraction of sp³-hybridized carbons (Fsp3) is 0.125. The van der Waals surface area contributed by atoms with Crippen molar-refractivity contribution in [2.75, 3.05) is 0 Å². The number of alkyl halides is 3. The quantitative estimate of drug-likeness (QED) is 0.574. The van der Waals surface area contributed by atoms with E-state index in [9.17, 15) is 17.6 Å². The van der Waals surface area contributed by atoms with Crippen LogP contribution in [0.5, 0.6) is 0 Å². The summed E-state index contributed by atoms with van der Waals surface area (Å²) in [7, 11) is 0. The Morgan fingerprint density at radius 3 is 2.38 bits per heavy atom. The highest BCUT2D eigenvalue weighted by Gasteiger charge is 2.34. The first-order valence-electron chi connectivity index (χ1n) is 3.13. The molecule has 1 radical (unpaired) electrons. The van der Waals surface area contributed by atoms with E-state index in [0.29, 0.717) is 6.07 Å². The maximum Gasteiger partial charge on any atom is 0.419 e. The fourth-order valence-electron chi connectivity index (χ4n) is 0.768. The molecule has 13 heavy (non-hydrogen) atoms. The first-order chi connectivity index (χ1) is 5.96.